The second kappa shape index (κ2) is 27.9. The Morgan fingerprint density at radius 1 is 0.857 bits per heavy atom. The van der Waals surface area contributed by atoms with Gasteiger partial charge in [0, 0.05) is 92.8 Å². The van der Waals surface area contributed by atoms with Crippen molar-refractivity contribution in [2.75, 3.05) is 92.1 Å². The third-order valence-corrected chi connectivity index (χ3v) is 13.2. The molecule has 1 aliphatic carbocycles. The van der Waals surface area contributed by atoms with Crippen molar-refractivity contribution in [1.29, 1.82) is 0 Å². The molecule has 418 valence electrons. The molecule has 4 aliphatic rings. The van der Waals surface area contributed by atoms with Gasteiger partial charge in [-0.3, -0.25) is 33.6 Å². The molecule has 0 saturated carbocycles. The highest BCUT2D eigenvalue weighted by molar-refractivity contribution is 6.09. The molecular formula is C53H67N5O19. The molecule has 0 unspecified atom stereocenters. The number of hydrogen-bond acceptors (Lipinski definition) is 18. The maximum atomic E-state index is 14.2. The minimum absolute atomic E-state index is 0.0454. The molecule has 0 bridgehead atoms. The van der Waals surface area contributed by atoms with Gasteiger partial charge in [-0.05, 0) is 55.7 Å². The lowest BCUT2D eigenvalue weighted by atomic mass is 9.84. The molecule has 3 heterocycles. The largest absolute Gasteiger partial charge is 0.508 e. The summed E-state index contributed by atoms with van der Waals surface area (Å²) in [4.78, 5) is 108. The van der Waals surface area contributed by atoms with Crippen molar-refractivity contribution in [2.45, 2.75) is 82.0 Å². The molecule has 3 aliphatic heterocycles. The standard InChI is InChI=1S/C53H67N5O19/c1-3-7-32(60)8-6-20-73-22-23-74-21-19-58(28-44(66)54-27-43(65)55-48-39(63)26-53(2,52(71)72)77-50(48)49(69)40(64)29-59)46(68)31-75-30-45(67)56-15-17-57(18-16-56)51(70)36-10-5-4-9-35(36)47-37-13-11-33(61)24-41(37)76-42-25-34(62)12-14-38(42)47/h4-5,9-14,24-25,39-40,48-50,59,61,63-64,69H,3,6-8,15-23,26-31H2,1-2H3,(H,54,66)(H,55,65)(H,71,72)/t39-,40+,48+,49+,50+,53+/m0/s1. The number of rotatable bonds is 27. The second-order valence-electron chi connectivity index (χ2n) is 19.0. The van der Waals surface area contributed by atoms with Crippen molar-refractivity contribution in [3.8, 4) is 28.2 Å². The van der Waals surface area contributed by atoms with E-state index < -0.39 is 105 Å². The van der Waals surface area contributed by atoms with Crippen LogP contribution >= 0.6 is 0 Å². The van der Waals surface area contributed by atoms with Crippen molar-refractivity contribution in [3.63, 3.8) is 0 Å². The third kappa shape index (κ3) is 15.9. The van der Waals surface area contributed by atoms with E-state index in [1.54, 1.807) is 41.3 Å². The first-order chi connectivity index (χ1) is 36.8. The monoisotopic (exact) mass is 1080 g/mol. The number of aliphatic hydroxyl groups excluding tert-OH is 4. The minimum atomic E-state index is -2.03. The van der Waals surface area contributed by atoms with Crippen LogP contribution in [-0.4, -0.2) is 215 Å². The average molecular weight is 1080 g/mol. The van der Waals surface area contributed by atoms with Gasteiger partial charge in [0.1, 0.15) is 54.4 Å². The van der Waals surface area contributed by atoms with E-state index in [9.17, 15) is 69.0 Å². The van der Waals surface area contributed by atoms with Crippen LogP contribution in [0.4, 0.5) is 0 Å². The Hall–Kier alpha value is -6.90. The number of aliphatic hydroxyl groups is 4. The van der Waals surface area contributed by atoms with Crippen molar-refractivity contribution in [1.82, 2.24) is 25.3 Å². The number of carbonyl (C=O) groups is 7. The Balaban J connectivity index is 1.02. The van der Waals surface area contributed by atoms with Gasteiger partial charge in [0.25, 0.3) is 5.91 Å². The molecule has 0 spiro atoms. The zero-order valence-corrected chi connectivity index (χ0v) is 42.9. The molecule has 2 aromatic carbocycles. The van der Waals surface area contributed by atoms with Crippen LogP contribution in [0.1, 0.15) is 56.3 Å². The summed E-state index contributed by atoms with van der Waals surface area (Å²) >= 11 is 0. The number of ketones is 1. The number of phenolic OH excluding ortho intramolecular Hbond substituents is 1. The predicted octanol–water partition coefficient (Wildman–Crippen LogP) is -0.109. The van der Waals surface area contributed by atoms with Gasteiger partial charge in [-0.25, -0.2) is 4.79 Å². The van der Waals surface area contributed by atoms with Crippen molar-refractivity contribution >= 4 is 52.3 Å². The fraction of sp³-hybridized carbons (Fsp3) is 0.509. The SMILES string of the molecule is CCCC(=O)CCCOCCOCCN(CC(=O)NCC(=O)N[C@H]1[C@H]([C@H](O)[C@H](O)CO)O[C@@](C)(C(=O)O)C[C@@H]1O)C(=O)COCC(=O)N1CCN(C(=O)c2ccccc2-c2c3ccc(=O)cc-3oc3cc(O)ccc23)CC1. The number of phenols is 1. The van der Waals surface area contributed by atoms with Gasteiger partial charge in [0.05, 0.1) is 51.7 Å². The smallest absolute Gasteiger partial charge is 0.335 e. The molecular weight excluding hydrogens is 1010 g/mol. The van der Waals surface area contributed by atoms with E-state index in [0.29, 0.717) is 59.1 Å². The summed E-state index contributed by atoms with van der Waals surface area (Å²) in [5, 5.41) is 66.2. The number of carboxylic acids is 1. The van der Waals surface area contributed by atoms with Crippen LogP contribution in [0, 0.1) is 0 Å². The van der Waals surface area contributed by atoms with E-state index in [-0.39, 0.29) is 81.2 Å². The number of aliphatic carboxylic acids is 1. The number of piperazine rings is 1. The Bertz CT molecular complexity index is 2750. The number of nitrogens with zero attached hydrogens (tertiary/aromatic N) is 3. The lowest BCUT2D eigenvalue weighted by molar-refractivity contribution is -0.224. The number of benzene rings is 3. The first-order valence-corrected chi connectivity index (χ1v) is 25.3. The molecule has 24 heteroatoms. The number of ether oxygens (including phenoxy) is 4. The number of Topliss-reactive ketones (excluding diaryl/α,β-unsaturated/α-hetero) is 1. The minimum Gasteiger partial charge on any atom is -0.508 e. The second-order valence-corrected chi connectivity index (χ2v) is 19.0. The van der Waals surface area contributed by atoms with Crippen molar-refractivity contribution in [3.05, 3.63) is 76.5 Å². The van der Waals surface area contributed by atoms with E-state index in [0.717, 1.165) is 18.2 Å². The van der Waals surface area contributed by atoms with Crippen LogP contribution < -0.4 is 16.1 Å². The van der Waals surface area contributed by atoms with Gasteiger partial charge >= 0.3 is 5.97 Å². The molecule has 6 atom stereocenters. The molecule has 2 fully saturated rings. The molecule has 5 amide bonds. The van der Waals surface area contributed by atoms with E-state index in [1.165, 1.54) is 29.2 Å². The zero-order valence-electron chi connectivity index (χ0n) is 42.9. The fourth-order valence-electron chi connectivity index (χ4n) is 9.08. The van der Waals surface area contributed by atoms with E-state index >= 15 is 0 Å². The van der Waals surface area contributed by atoms with Crippen LogP contribution in [0.15, 0.2) is 69.9 Å². The van der Waals surface area contributed by atoms with Gasteiger partial charge in [-0.2, -0.15) is 0 Å². The highest BCUT2D eigenvalue weighted by Crippen LogP contribution is 2.42. The molecule has 0 radical (unpaired) electrons. The Kier molecular flexibility index (Phi) is 21.5. The first kappa shape index (κ1) is 59.3. The van der Waals surface area contributed by atoms with E-state index in [2.05, 4.69) is 10.6 Å². The molecule has 77 heavy (non-hydrogen) atoms. The summed E-state index contributed by atoms with van der Waals surface area (Å²) in [7, 11) is 0. The van der Waals surface area contributed by atoms with Gasteiger partial charge in [-0.15, -0.1) is 0 Å². The van der Waals surface area contributed by atoms with Crippen molar-refractivity contribution in [2.24, 2.45) is 0 Å². The van der Waals surface area contributed by atoms with Gasteiger partial charge in [0.2, 0.25) is 23.6 Å². The lowest BCUT2D eigenvalue weighted by Crippen LogP contribution is -2.67. The normalized spacial score (nSPS) is 19.4. The quantitative estimate of drug-likeness (QED) is 0.0285. The average Bonchev–Trinajstić information content (AvgIpc) is 3.41. The maximum absolute atomic E-state index is 14.2. The van der Waals surface area contributed by atoms with Gasteiger partial charge < -0.3 is 79.3 Å². The highest BCUT2D eigenvalue weighted by Gasteiger charge is 2.52. The molecule has 24 nitrogen and oxygen atoms in total. The number of carboxylic acid groups (broad SMARTS) is 1. The van der Waals surface area contributed by atoms with Gasteiger partial charge in [0.15, 0.2) is 11.0 Å². The maximum Gasteiger partial charge on any atom is 0.335 e. The zero-order chi connectivity index (χ0) is 55.8. The van der Waals surface area contributed by atoms with E-state index in [1.807, 2.05) is 6.92 Å². The summed E-state index contributed by atoms with van der Waals surface area (Å²) in [6.45, 7) is 0.659. The lowest BCUT2D eigenvalue weighted by Gasteiger charge is -2.45. The first-order valence-electron chi connectivity index (χ1n) is 25.3. The summed E-state index contributed by atoms with van der Waals surface area (Å²) < 4.78 is 28.2. The van der Waals surface area contributed by atoms with Gasteiger partial charge in [-0.1, -0.05) is 25.1 Å². The summed E-state index contributed by atoms with van der Waals surface area (Å²) in [5.41, 5.74) is 0.142. The summed E-state index contributed by atoms with van der Waals surface area (Å²) in [6, 6.07) is 14.5. The van der Waals surface area contributed by atoms with Crippen LogP contribution in [0.5, 0.6) is 5.75 Å². The third-order valence-electron chi connectivity index (χ3n) is 13.2. The molecule has 6 rings (SSSR count). The van der Waals surface area contributed by atoms with E-state index in [4.69, 9.17) is 23.4 Å². The number of carbonyl (C=O) groups excluding carboxylic acids is 6. The van der Waals surface area contributed by atoms with Crippen LogP contribution in [0.25, 0.3) is 33.4 Å². The number of aromatic hydroxyl groups is 1. The van der Waals surface area contributed by atoms with Crippen LogP contribution in [-0.2, 0) is 47.7 Å². The number of amides is 5. The topological polar surface area (TPSA) is 342 Å². The summed E-state index contributed by atoms with van der Waals surface area (Å²) in [6.07, 6.45) is -5.40. The molecule has 0 aromatic heterocycles. The Morgan fingerprint density at radius 3 is 2.29 bits per heavy atom. The fourth-order valence-corrected chi connectivity index (χ4v) is 9.08. The van der Waals surface area contributed by atoms with Crippen LogP contribution in [0.3, 0.4) is 0 Å². The number of fused-ring (bicyclic) bond motifs is 2. The highest BCUT2D eigenvalue weighted by atomic mass is 16.6. The van der Waals surface area contributed by atoms with Crippen molar-refractivity contribution < 1.29 is 87.6 Å². The number of hydrogen-bond donors (Lipinski definition) is 8. The summed E-state index contributed by atoms with van der Waals surface area (Å²) in [5.74, 6) is -4.35. The molecule has 2 aromatic rings. The van der Waals surface area contributed by atoms with Crippen LogP contribution in [0.2, 0.25) is 0 Å². The number of nitrogens with one attached hydrogen (secondary N) is 2. The Labute approximate surface area is 442 Å². The predicted molar refractivity (Wildman–Crippen MR) is 272 cm³/mol. The molecule has 8 N–H and O–H groups in total. The molecule has 2 saturated heterocycles. The Morgan fingerprint density at radius 2 is 1.57 bits per heavy atom.